The zero-order valence-corrected chi connectivity index (χ0v) is 9.86. The highest BCUT2D eigenvalue weighted by atomic mass is 19.1. The Labute approximate surface area is 100 Å². The monoisotopic (exact) mass is 230 g/mol. The fourth-order valence-electron chi connectivity index (χ4n) is 2.56. The predicted octanol–water partition coefficient (Wildman–Crippen LogP) is 3.06. The Morgan fingerprint density at radius 2 is 2.29 bits per heavy atom. The fourth-order valence-corrected chi connectivity index (χ4v) is 2.56. The number of rotatable bonds is 1. The normalized spacial score (nSPS) is 19.1. The number of fused-ring (bicyclic) bond motifs is 1. The zero-order chi connectivity index (χ0) is 11.8. The molecule has 0 aliphatic carbocycles. The van der Waals surface area contributed by atoms with Crippen molar-refractivity contribution in [1.29, 1.82) is 0 Å². The van der Waals surface area contributed by atoms with Gasteiger partial charge in [0.1, 0.15) is 11.6 Å². The second kappa shape index (κ2) is 3.99. The number of hydrogen-bond acceptors (Lipinski definition) is 1. The van der Waals surface area contributed by atoms with Crippen LogP contribution in [0.1, 0.15) is 29.3 Å². The Morgan fingerprint density at radius 1 is 1.41 bits per heavy atom. The van der Waals surface area contributed by atoms with Gasteiger partial charge in [0.15, 0.2) is 0 Å². The van der Waals surface area contributed by atoms with E-state index in [0.717, 1.165) is 24.9 Å². The van der Waals surface area contributed by atoms with Crippen LogP contribution in [0.3, 0.4) is 0 Å². The van der Waals surface area contributed by atoms with E-state index in [0.29, 0.717) is 5.92 Å². The van der Waals surface area contributed by atoms with Crippen molar-refractivity contribution in [2.24, 2.45) is 0 Å². The quantitative estimate of drug-likeness (QED) is 0.736. The van der Waals surface area contributed by atoms with Crippen molar-refractivity contribution in [3.8, 4) is 0 Å². The topological polar surface area (TPSA) is 17.8 Å². The van der Waals surface area contributed by atoms with Crippen molar-refractivity contribution in [2.75, 3.05) is 0 Å². The molecule has 0 radical (unpaired) electrons. The van der Waals surface area contributed by atoms with Gasteiger partial charge >= 0.3 is 0 Å². The minimum atomic E-state index is -0.118. The van der Waals surface area contributed by atoms with Crippen LogP contribution in [0.25, 0.3) is 0 Å². The predicted molar refractivity (Wildman–Crippen MR) is 64.4 cm³/mol. The highest BCUT2D eigenvalue weighted by Gasteiger charge is 2.20. The standard InChI is InChI=1S/C14H15FN2/c1-10-8-11(2-4-13(10)15)12-3-5-14-16-6-7-17(14)9-12/h2,4,6-8,12H,3,5,9H2,1H3. The van der Waals surface area contributed by atoms with Gasteiger partial charge in [-0.3, -0.25) is 0 Å². The first kappa shape index (κ1) is 10.5. The molecule has 1 aromatic carbocycles. The van der Waals surface area contributed by atoms with E-state index in [2.05, 4.69) is 9.55 Å². The molecule has 1 aliphatic heterocycles. The maximum atomic E-state index is 13.2. The highest BCUT2D eigenvalue weighted by Crippen LogP contribution is 2.29. The fraction of sp³-hybridized carbons (Fsp3) is 0.357. The molecule has 0 fully saturated rings. The van der Waals surface area contributed by atoms with Crippen LogP contribution in [0.5, 0.6) is 0 Å². The SMILES string of the molecule is Cc1cc(C2CCc3nccn3C2)ccc1F. The molecule has 2 heterocycles. The molecule has 2 aromatic rings. The van der Waals surface area contributed by atoms with Crippen molar-refractivity contribution in [2.45, 2.75) is 32.2 Å². The lowest BCUT2D eigenvalue weighted by atomic mass is 9.90. The molecule has 1 aromatic heterocycles. The molecule has 3 heteroatoms. The van der Waals surface area contributed by atoms with Gasteiger partial charge in [-0.25, -0.2) is 9.37 Å². The van der Waals surface area contributed by atoms with Crippen LogP contribution >= 0.6 is 0 Å². The molecule has 0 saturated heterocycles. The van der Waals surface area contributed by atoms with Crippen LogP contribution in [0.15, 0.2) is 30.6 Å². The summed E-state index contributed by atoms with van der Waals surface area (Å²) in [5.41, 5.74) is 1.97. The molecule has 17 heavy (non-hydrogen) atoms. The number of halogens is 1. The minimum absolute atomic E-state index is 0.118. The third-order valence-electron chi connectivity index (χ3n) is 3.59. The molecule has 0 bridgehead atoms. The molecular formula is C14H15FN2. The van der Waals surface area contributed by atoms with E-state index in [1.54, 1.807) is 6.07 Å². The number of imidazole rings is 1. The number of hydrogen-bond donors (Lipinski definition) is 0. The summed E-state index contributed by atoms with van der Waals surface area (Å²) in [5.74, 6) is 1.53. The van der Waals surface area contributed by atoms with Crippen LogP contribution in [-0.2, 0) is 13.0 Å². The Balaban J connectivity index is 1.89. The minimum Gasteiger partial charge on any atom is -0.334 e. The van der Waals surface area contributed by atoms with Crippen LogP contribution in [0.4, 0.5) is 4.39 Å². The summed E-state index contributed by atoms with van der Waals surface area (Å²) in [5, 5.41) is 0. The van der Waals surface area contributed by atoms with Gasteiger partial charge in [-0.05, 0) is 30.5 Å². The van der Waals surface area contributed by atoms with Gasteiger partial charge in [-0.2, -0.15) is 0 Å². The average Bonchev–Trinajstić information content (AvgIpc) is 2.79. The molecule has 0 spiro atoms. The molecule has 0 N–H and O–H groups in total. The van der Waals surface area contributed by atoms with Gasteiger partial charge in [0.05, 0.1) is 0 Å². The smallest absolute Gasteiger partial charge is 0.126 e. The van der Waals surface area contributed by atoms with Crippen molar-refractivity contribution in [1.82, 2.24) is 9.55 Å². The van der Waals surface area contributed by atoms with Gasteiger partial charge in [-0.15, -0.1) is 0 Å². The second-order valence-corrected chi connectivity index (χ2v) is 4.74. The zero-order valence-electron chi connectivity index (χ0n) is 9.86. The van der Waals surface area contributed by atoms with Gasteiger partial charge in [-0.1, -0.05) is 12.1 Å². The van der Waals surface area contributed by atoms with Gasteiger partial charge in [0.25, 0.3) is 0 Å². The molecule has 1 aliphatic rings. The van der Waals surface area contributed by atoms with E-state index in [4.69, 9.17) is 0 Å². The van der Waals surface area contributed by atoms with Crippen LogP contribution in [-0.4, -0.2) is 9.55 Å². The summed E-state index contributed by atoms with van der Waals surface area (Å²) >= 11 is 0. The summed E-state index contributed by atoms with van der Waals surface area (Å²) in [6.45, 7) is 2.78. The second-order valence-electron chi connectivity index (χ2n) is 4.74. The third-order valence-corrected chi connectivity index (χ3v) is 3.59. The third kappa shape index (κ3) is 1.86. The molecule has 0 amide bonds. The Kier molecular flexibility index (Phi) is 2.46. The van der Waals surface area contributed by atoms with E-state index in [1.165, 1.54) is 11.4 Å². The molecule has 1 atom stereocenters. The summed E-state index contributed by atoms with van der Waals surface area (Å²) in [6.07, 6.45) is 5.99. The van der Waals surface area contributed by atoms with E-state index >= 15 is 0 Å². The van der Waals surface area contributed by atoms with E-state index < -0.39 is 0 Å². The maximum absolute atomic E-state index is 13.2. The number of aryl methyl sites for hydroxylation is 2. The lowest BCUT2D eigenvalue weighted by Crippen LogP contribution is -2.18. The Bertz CT molecular complexity index is 545. The maximum Gasteiger partial charge on any atom is 0.126 e. The van der Waals surface area contributed by atoms with Gasteiger partial charge in [0, 0.05) is 31.3 Å². The molecule has 0 saturated carbocycles. The first-order valence-electron chi connectivity index (χ1n) is 6.00. The van der Waals surface area contributed by atoms with Crippen LogP contribution in [0, 0.1) is 12.7 Å². The lowest BCUT2D eigenvalue weighted by Gasteiger charge is -2.24. The molecule has 1 unspecified atom stereocenters. The summed E-state index contributed by atoms with van der Waals surface area (Å²) in [6, 6.07) is 5.46. The van der Waals surface area contributed by atoms with Crippen molar-refractivity contribution < 1.29 is 4.39 Å². The molecule has 88 valence electrons. The molecular weight excluding hydrogens is 215 g/mol. The van der Waals surface area contributed by atoms with E-state index in [9.17, 15) is 4.39 Å². The summed E-state index contributed by atoms with van der Waals surface area (Å²) in [4.78, 5) is 4.32. The van der Waals surface area contributed by atoms with Crippen LogP contribution < -0.4 is 0 Å². The Morgan fingerprint density at radius 3 is 3.12 bits per heavy atom. The van der Waals surface area contributed by atoms with Crippen LogP contribution in [0.2, 0.25) is 0 Å². The number of nitrogens with zero attached hydrogens (tertiary/aromatic N) is 2. The van der Waals surface area contributed by atoms with Gasteiger partial charge in [0.2, 0.25) is 0 Å². The summed E-state index contributed by atoms with van der Waals surface area (Å²) < 4.78 is 15.4. The van der Waals surface area contributed by atoms with Crippen molar-refractivity contribution >= 4 is 0 Å². The van der Waals surface area contributed by atoms with Gasteiger partial charge < -0.3 is 4.57 Å². The average molecular weight is 230 g/mol. The lowest BCUT2D eigenvalue weighted by molar-refractivity contribution is 0.455. The van der Waals surface area contributed by atoms with Crippen molar-refractivity contribution in [3.63, 3.8) is 0 Å². The first-order chi connectivity index (χ1) is 8.24. The first-order valence-corrected chi connectivity index (χ1v) is 6.00. The van der Waals surface area contributed by atoms with E-state index in [-0.39, 0.29) is 5.82 Å². The largest absolute Gasteiger partial charge is 0.334 e. The van der Waals surface area contributed by atoms with Crippen molar-refractivity contribution in [3.05, 3.63) is 53.4 Å². The molecule has 3 rings (SSSR count). The number of aromatic nitrogens is 2. The highest BCUT2D eigenvalue weighted by molar-refractivity contribution is 5.27. The Hall–Kier alpha value is -1.64. The molecule has 2 nitrogen and oxygen atoms in total. The number of benzene rings is 1. The summed E-state index contributed by atoms with van der Waals surface area (Å²) in [7, 11) is 0. The van der Waals surface area contributed by atoms with E-state index in [1.807, 2.05) is 31.5 Å².